The Bertz CT molecular complexity index is 523. The molecule has 0 saturated carbocycles. The van der Waals surface area contributed by atoms with Crippen LogP contribution in [-0.2, 0) is 7.05 Å². The van der Waals surface area contributed by atoms with E-state index >= 15 is 0 Å². The standard InChI is InChI=1S/C8H7N3O2.Na/c1-11-7(12)5-3-2-4-9-6(5)10-8(11)13;/h2-4H,1H3,(H,9,10,13);/q;+1/p-1. The van der Waals surface area contributed by atoms with Crippen molar-refractivity contribution in [1.29, 1.82) is 0 Å². The fraction of sp³-hybridized carbons (Fsp3) is 0.125. The third kappa shape index (κ3) is 1.66. The Morgan fingerprint density at radius 1 is 1.50 bits per heavy atom. The van der Waals surface area contributed by atoms with Gasteiger partial charge < -0.3 is 9.67 Å². The predicted octanol–water partition coefficient (Wildman–Crippen LogP) is -3.59. The minimum absolute atomic E-state index is 0. The van der Waals surface area contributed by atoms with E-state index in [9.17, 15) is 9.90 Å². The number of fused-ring (bicyclic) bond motifs is 1. The van der Waals surface area contributed by atoms with Crippen molar-refractivity contribution < 1.29 is 34.7 Å². The number of hydrogen-bond donors (Lipinski definition) is 0. The van der Waals surface area contributed by atoms with Crippen LogP contribution in [0.2, 0.25) is 0 Å². The van der Waals surface area contributed by atoms with Gasteiger partial charge in [0.2, 0.25) is 0 Å². The molecule has 2 aromatic rings. The molecule has 0 spiro atoms. The normalized spacial score (nSPS) is 9.79. The van der Waals surface area contributed by atoms with Gasteiger partial charge in [-0.25, -0.2) is 9.97 Å². The summed E-state index contributed by atoms with van der Waals surface area (Å²) in [5.41, 5.74) is -0.154. The van der Waals surface area contributed by atoms with E-state index in [0.717, 1.165) is 4.57 Å². The van der Waals surface area contributed by atoms with E-state index in [1.165, 1.54) is 13.2 Å². The molecule has 0 radical (unpaired) electrons. The van der Waals surface area contributed by atoms with Gasteiger partial charge in [0.05, 0.1) is 11.4 Å². The number of aromatic nitrogens is 3. The second-order valence-electron chi connectivity index (χ2n) is 2.63. The molecule has 0 atom stereocenters. The SMILES string of the molecule is Cn1c([O-])nc2ncccc2c1=O.[Na+]. The summed E-state index contributed by atoms with van der Waals surface area (Å²) in [4.78, 5) is 18.9. The average molecular weight is 199 g/mol. The topological polar surface area (TPSA) is 70.8 Å². The molecule has 0 bridgehead atoms. The Morgan fingerprint density at radius 3 is 2.93 bits per heavy atom. The molecule has 0 aliphatic heterocycles. The van der Waals surface area contributed by atoms with E-state index in [2.05, 4.69) is 9.97 Å². The van der Waals surface area contributed by atoms with Gasteiger partial charge in [-0.05, 0) is 12.1 Å². The average Bonchev–Trinajstić information content (AvgIpc) is 2.15. The zero-order valence-corrected chi connectivity index (χ0v) is 9.89. The molecule has 0 fully saturated rings. The molecule has 5 nitrogen and oxygen atoms in total. The Labute approximate surface area is 102 Å². The summed E-state index contributed by atoms with van der Waals surface area (Å²) in [6, 6.07) is 2.66. The maximum atomic E-state index is 11.4. The molecule has 2 rings (SSSR count). The summed E-state index contributed by atoms with van der Waals surface area (Å²) in [7, 11) is 1.39. The number of pyridine rings is 1. The van der Waals surface area contributed by atoms with E-state index in [1.807, 2.05) is 0 Å². The van der Waals surface area contributed by atoms with Gasteiger partial charge in [0.25, 0.3) is 5.56 Å². The van der Waals surface area contributed by atoms with Gasteiger partial charge in [-0.3, -0.25) is 4.79 Å². The van der Waals surface area contributed by atoms with Gasteiger partial charge in [-0.2, -0.15) is 0 Å². The van der Waals surface area contributed by atoms with Gasteiger partial charge in [0, 0.05) is 13.2 Å². The van der Waals surface area contributed by atoms with Crippen LogP contribution in [0.25, 0.3) is 11.0 Å². The van der Waals surface area contributed by atoms with Gasteiger partial charge in [0.15, 0.2) is 5.65 Å². The van der Waals surface area contributed by atoms with Crippen molar-refractivity contribution >= 4 is 11.0 Å². The van der Waals surface area contributed by atoms with Crippen molar-refractivity contribution in [3.8, 4) is 6.01 Å². The van der Waals surface area contributed by atoms with Crippen molar-refractivity contribution in [1.82, 2.24) is 14.5 Å². The minimum atomic E-state index is -0.573. The first-order valence-electron chi connectivity index (χ1n) is 3.69. The maximum absolute atomic E-state index is 11.4. The molecule has 6 heteroatoms. The Morgan fingerprint density at radius 2 is 2.21 bits per heavy atom. The van der Waals surface area contributed by atoms with Crippen LogP contribution >= 0.6 is 0 Å². The summed E-state index contributed by atoms with van der Waals surface area (Å²) in [6.07, 6.45) is 1.49. The monoisotopic (exact) mass is 199 g/mol. The van der Waals surface area contributed by atoms with Crippen molar-refractivity contribution in [2.75, 3.05) is 0 Å². The van der Waals surface area contributed by atoms with Crippen LogP contribution in [0.3, 0.4) is 0 Å². The Balaban J connectivity index is 0.000000980. The van der Waals surface area contributed by atoms with Crippen LogP contribution in [0.5, 0.6) is 6.01 Å². The van der Waals surface area contributed by atoms with Crippen molar-refractivity contribution in [2.45, 2.75) is 0 Å². The number of hydrogen-bond acceptors (Lipinski definition) is 4. The first-order chi connectivity index (χ1) is 6.20. The van der Waals surface area contributed by atoms with Crippen molar-refractivity contribution in [3.05, 3.63) is 28.7 Å². The Kier molecular flexibility index (Phi) is 3.25. The quantitative estimate of drug-likeness (QED) is 0.411. The predicted molar refractivity (Wildman–Crippen MR) is 44.2 cm³/mol. The summed E-state index contributed by atoms with van der Waals surface area (Å²) >= 11 is 0. The van der Waals surface area contributed by atoms with Crippen LogP contribution in [-0.4, -0.2) is 14.5 Å². The molecule has 0 saturated heterocycles. The van der Waals surface area contributed by atoms with Gasteiger partial charge in [-0.15, -0.1) is 0 Å². The molecule has 0 aliphatic rings. The maximum Gasteiger partial charge on any atom is 1.00 e. The van der Waals surface area contributed by atoms with Crippen molar-refractivity contribution in [2.24, 2.45) is 7.05 Å². The molecular formula is C8H6N3NaO2. The molecule has 66 valence electrons. The summed E-state index contributed by atoms with van der Waals surface area (Å²) in [6.45, 7) is 0. The molecule has 14 heavy (non-hydrogen) atoms. The van der Waals surface area contributed by atoms with Gasteiger partial charge in [0.1, 0.15) is 0 Å². The van der Waals surface area contributed by atoms with E-state index < -0.39 is 6.01 Å². The van der Waals surface area contributed by atoms with Crippen LogP contribution in [0.15, 0.2) is 23.1 Å². The third-order valence-electron chi connectivity index (χ3n) is 1.81. The van der Waals surface area contributed by atoms with E-state index in [4.69, 9.17) is 0 Å². The van der Waals surface area contributed by atoms with Gasteiger partial charge >= 0.3 is 29.6 Å². The molecular weight excluding hydrogens is 193 g/mol. The fourth-order valence-corrected chi connectivity index (χ4v) is 1.09. The molecule has 0 amide bonds. The van der Waals surface area contributed by atoms with Crippen LogP contribution in [0, 0.1) is 0 Å². The molecule has 2 aromatic heterocycles. The molecule has 0 aliphatic carbocycles. The van der Waals surface area contributed by atoms with Crippen LogP contribution in [0.1, 0.15) is 0 Å². The third-order valence-corrected chi connectivity index (χ3v) is 1.81. The number of nitrogens with zero attached hydrogens (tertiary/aromatic N) is 3. The molecule has 0 N–H and O–H groups in total. The van der Waals surface area contributed by atoms with E-state index in [-0.39, 0.29) is 40.8 Å². The van der Waals surface area contributed by atoms with Crippen molar-refractivity contribution in [3.63, 3.8) is 0 Å². The zero-order valence-electron chi connectivity index (χ0n) is 7.89. The molecule has 2 heterocycles. The largest absolute Gasteiger partial charge is 1.00 e. The fourth-order valence-electron chi connectivity index (χ4n) is 1.09. The van der Waals surface area contributed by atoms with Crippen LogP contribution < -0.4 is 40.2 Å². The molecule has 0 aromatic carbocycles. The molecule has 0 unspecified atom stereocenters. The van der Waals surface area contributed by atoms with E-state index in [1.54, 1.807) is 12.1 Å². The first kappa shape index (κ1) is 11.2. The zero-order chi connectivity index (χ0) is 9.42. The first-order valence-corrected chi connectivity index (χ1v) is 3.69. The smallest absolute Gasteiger partial charge is 0.846 e. The second-order valence-corrected chi connectivity index (χ2v) is 2.63. The van der Waals surface area contributed by atoms with E-state index in [0.29, 0.717) is 5.39 Å². The summed E-state index contributed by atoms with van der Waals surface area (Å²) in [5.74, 6) is 0. The van der Waals surface area contributed by atoms with Gasteiger partial charge in [-0.1, -0.05) is 0 Å². The minimum Gasteiger partial charge on any atom is -0.846 e. The second kappa shape index (κ2) is 4.08. The summed E-state index contributed by atoms with van der Waals surface area (Å²) in [5, 5.41) is 11.4. The van der Waals surface area contributed by atoms with Crippen LogP contribution in [0.4, 0.5) is 0 Å². The number of rotatable bonds is 0. The summed E-state index contributed by atoms with van der Waals surface area (Å²) < 4.78 is 0.962. The Hall–Kier alpha value is -0.910.